The zero-order chi connectivity index (χ0) is 13.9. The molecule has 1 aromatic carbocycles. The van der Waals surface area contributed by atoms with Gasteiger partial charge in [-0.15, -0.1) is 0 Å². The van der Waals surface area contributed by atoms with Crippen LogP contribution in [0.4, 0.5) is 0 Å². The highest BCUT2D eigenvalue weighted by Crippen LogP contribution is 2.36. The minimum Gasteiger partial charge on any atom is -0.493 e. The Balaban J connectivity index is 2.00. The highest BCUT2D eigenvalue weighted by molar-refractivity contribution is 7.90. The van der Waals surface area contributed by atoms with Crippen LogP contribution in [-0.2, 0) is 9.84 Å². The van der Waals surface area contributed by atoms with Crippen LogP contribution in [0.15, 0.2) is 24.3 Å². The zero-order valence-electron chi connectivity index (χ0n) is 11.0. The van der Waals surface area contributed by atoms with Gasteiger partial charge in [0.1, 0.15) is 15.6 Å². The fourth-order valence-electron chi connectivity index (χ4n) is 2.49. The number of hydrogen-bond donors (Lipinski definition) is 2. The van der Waals surface area contributed by atoms with E-state index in [0.29, 0.717) is 19.4 Å². The summed E-state index contributed by atoms with van der Waals surface area (Å²) < 4.78 is 27.9. The first-order chi connectivity index (χ1) is 9.01. The summed E-state index contributed by atoms with van der Waals surface area (Å²) >= 11 is 0. The van der Waals surface area contributed by atoms with Gasteiger partial charge in [-0.1, -0.05) is 18.2 Å². The highest BCUT2D eigenvalue weighted by atomic mass is 32.2. The second-order valence-corrected chi connectivity index (χ2v) is 7.26. The van der Waals surface area contributed by atoms with Gasteiger partial charge < -0.3 is 4.74 Å². The van der Waals surface area contributed by atoms with Gasteiger partial charge in [0.15, 0.2) is 0 Å². The van der Waals surface area contributed by atoms with Crippen LogP contribution in [0.3, 0.4) is 0 Å². The van der Waals surface area contributed by atoms with Crippen molar-refractivity contribution < 1.29 is 13.2 Å². The summed E-state index contributed by atoms with van der Waals surface area (Å²) in [6.07, 6.45) is 2.57. The van der Waals surface area contributed by atoms with Crippen LogP contribution < -0.4 is 16.0 Å². The zero-order valence-corrected chi connectivity index (χ0v) is 11.8. The van der Waals surface area contributed by atoms with Crippen LogP contribution in [0, 0.1) is 0 Å². The Labute approximate surface area is 114 Å². The Bertz CT molecular complexity index is 530. The van der Waals surface area contributed by atoms with Crippen LogP contribution in [0.1, 0.15) is 24.3 Å². The van der Waals surface area contributed by atoms with Gasteiger partial charge in [-0.25, -0.2) is 8.42 Å². The number of benzene rings is 1. The Morgan fingerprint density at radius 2 is 2.21 bits per heavy atom. The number of sulfone groups is 1. The molecule has 1 heterocycles. The molecule has 1 aromatic rings. The van der Waals surface area contributed by atoms with E-state index in [9.17, 15) is 8.42 Å². The molecule has 2 rings (SSSR count). The van der Waals surface area contributed by atoms with Crippen molar-refractivity contribution in [3.63, 3.8) is 0 Å². The third-order valence-corrected chi connectivity index (χ3v) is 4.50. The fourth-order valence-corrected chi connectivity index (χ4v) is 3.18. The summed E-state index contributed by atoms with van der Waals surface area (Å²) in [6, 6.07) is 7.93. The molecule has 5 nitrogen and oxygen atoms in total. The van der Waals surface area contributed by atoms with Crippen LogP contribution in [0.25, 0.3) is 0 Å². The Morgan fingerprint density at radius 3 is 2.89 bits per heavy atom. The lowest BCUT2D eigenvalue weighted by Crippen LogP contribution is -2.40. The van der Waals surface area contributed by atoms with E-state index in [1.54, 1.807) is 0 Å². The maximum atomic E-state index is 11.1. The number of nitrogens with one attached hydrogen (secondary N) is 1. The first kappa shape index (κ1) is 14.3. The van der Waals surface area contributed by atoms with Crippen LogP contribution in [0.5, 0.6) is 5.75 Å². The predicted octanol–water partition coefficient (Wildman–Crippen LogP) is 0.819. The number of hydrazine groups is 1. The van der Waals surface area contributed by atoms with Gasteiger partial charge in [-0.2, -0.15) is 0 Å². The van der Waals surface area contributed by atoms with E-state index in [1.165, 1.54) is 6.26 Å². The summed E-state index contributed by atoms with van der Waals surface area (Å²) in [5, 5.41) is 0. The van der Waals surface area contributed by atoms with E-state index in [4.69, 9.17) is 10.6 Å². The maximum absolute atomic E-state index is 11.1. The van der Waals surface area contributed by atoms with Gasteiger partial charge in [-0.05, 0) is 18.9 Å². The summed E-state index contributed by atoms with van der Waals surface area (Å²) in [7, 11) is -2.91. The summed E-state index contributed by atoms with van der Waals surface area (Å²) in [5.41, 5.74) is 3.94. The third-order valence-electron chi connectivity index (χ3n) is 3.47. The van der Waals surface area contributed by atoms with Gasteiger partial charge >= 0.3 is 0 Å². The average Bonchev–Trinajstić information content (AvgIpc) is 2.77. The second-order valence-electron chi connectivity index (χ2n) is 5.00. The normalized spacial score (nSPS) is 19.8. The van der Waals surface area contributed by atoms with E-state index < -0.39 is 9.84 Å². The highest BCUT2D eigenvalue weighted by Gasteiger charge is 2.30. The van der Waals surface area contributed by atoms with Gasteiger partial charge in [0.05, 0.1) is 6.61 Å². The molecule has 2 atom stereocenters. The minimum atomic E-state index is -2.91. The predicted molar refractivity (Wildman–Crippen MR) is 74.7 cm³/mol. The molecule has 0 bridgehead atoms. The van der Waals surface area contributed by atoms with E-state index in [2.05, 4.69) is 5.43 Å². The summed E-state index contributed by atoms with van der Waals surface area (Å²) in [4.78, 5) is 0. The maximum Gasteiger partial charge on any atom is 0.147 e. The van der Waals surface area contributed by atoms with Crippen LogP contribution >= 0.6 is 0 Å². The molecule has 2 unspecified atom stereocenters. The SMILES string of the molecule is CS(=O)(=O)CCCC(NN)C1COc2ccccc21. The molecule has 0 aliphatic carbocycles. The quantitative estimate of drug-likeness (QED) is 0.597. The van der Waals surface area contributed by atoms with Gasteiger partial charge in [0, 0.05) is 29.5 Å². The molecule has 0 saturated carbocycles. The Hall–Kier alpha value is -1.11. The minimum absolute atomic E-state index is 0.0328. The number of hydrogen-bond acceptors (Lipinski definition) is 5. The molecule has 0 saturated heterocycles. The van der Waals surface area contributed by atoms with Crippen molar-refractivity contribution in [3.05, 3.63) is 29.8 Å². The molecule has 19 heavy (non-hydrogen) atoms. The van der Waals surface area contributed by atoms with Crippen molar-refractivity contribution >= 4 is 9.84 Å². The number of nitrogens with two attached hydrogens (primary N) is 1. The number of fused-ring (bicyclic) bond motifs is 1. The van der Waals surface area contributed by atoms with Gasteiger partial charge in [-0.3, -0.25) is 11.3 Å². The first-order valence-electron chi connectivity index (χ1n) is 6.37. The Morgan fingerprint density at radius 1 is 1.47 bits per heavy atom. The topological polar surface area (TPSA) is 81.4 Å². The second kappa shape index (κ2) is 5.90. The van der Waals surface area contributed by atoms with Crippen molar-refractivity contribution in [2.45, 2.75) is 24.8 Å². The van der Waals surface area contributed by atoms with E-state index in [1.807, 2.05) is 24.3 Å². The third kappa shape index (κ3) is 3.68. The van der Waals surface area contributed by atoms with E-state index in [-0.39, 0.29) is 17.7 Å². The summed E-state index contributed by atoms with van der Waals surface area (Å²) in [6.45, 7) is 0.590. The van der Waals surface area contributed by atoms with E-state index >= 15 is 0 Å². The van der Waals surface area contributed by atoms with Crippen molar-refractivity contribution in [2.75, 3.05) is 18.6 Å². The lowest BCUT2D eigenvalue weighted by atomic mass is 9.91. The van der Waals surface area contributed by atoms with Crippen molar-refractivity contribution in [2.24, 2.45) is 5.84 Å². The number of rotatable bonds is 6. The lowest BCUT2D eigenvalue weighted by Gasteiger charge is -2.21. The van der Waals surface area contributed by atoms with Gasteiger partial charge in [0.25, 0.3) is 0 Å². The number of para-hydroxylation sites is 1. The Kier molecular flexibility index (Phi) is 4.44. The summed E-state index contributed by atoms with van der Waals surface area (Å²) in [5.74, 6) is 6.88. The molecule has 0 spiro atoms. The van der Waals surface area contributed by atoms with Crippen LogP contribution in [0.2, 0.25) is 0 Å². The molecule has 106 valence electrons. The number of ether oxygens (including phenoxy) is 1. The molecule has 0 fully saturated rings. The fraction of sp³-hybridized carbons (Fsp3) is 0.538. The smallest absolute Gasteiger partial charge is 0.147 e. The molecular weight excluding hydrogens is 264 g/mol. The monoisotopic (exact) mass is 284 g/mol. The molecule has 0 amide bonds. The average molecular weight is 284 g/mol. The lowest BCUT2D eigenvalue weighted by molar-refractivity contribution is 0.292. The standard InChI is InChI=1S/C13H20N2O3S/c1-19(16,17)8-4-6-12(15-14)11-9-18-13-7-3-2-5-10(11)13/h2-3,5,7,11-12,15H,4,6,8-9,14H2,1H3. The van der Waals surface area contributed by atoms with Crippen molar-refractivity contribution in [3.8, 4) is 5.75 Å². The molecule has 1 aliphatic rings. The van der Waals surface area contributed by atoms with E-state index in [0.717, 1.165) is 11.3 Å². The van der Waals surface area contributed by atoms with Crippen LogP contribution in [-0.4, -0.2) is 33.1 Å². The first-order valence-corrected chi connectivity index (χ1v) is 8.43. The largest absolute Gasteiger partial charge is 0.493 e. The molecular formula is C13H20N2O3S. The van der Waals surface area contributed by atoms with Crippen molar-refractivity contribution in [1.82, 2.24) is 5.43 Å². The molecule has 6 heteroatoms. The molecule has 0 aromatic heterocycles. The molecule has 0 radical (unpaired) electrons. The van der Waals surface area contributed by atoms with Gasteiger partial charge in [0.2, 0.25) is 0 Å². The van der Waals surface area contributed by atoms with Crippen molar-refractivity contribution in [1.29, 1.82) is 0 Å². The molecule has 1 aliphatic heterocycles. The molecule has 3 N–H and O–H groups in total.